The van der Waals surface area contributed by atoms with Gasteiger partial charge in [0.05, 0.1) is 17.3 Å². The molecule has 1 unspecified atom stereocenters. The number of fused-ring (bicyclic) bond motifs is 4. The maximum Gasteiger partial charge on any atom is 0.405 e. The number of benzene rings is 3. The Labute approximate surface area is 250 Å². The highest BCUT2D eigenvalue weighted by atomic mass is 19.4. The van der Waals surface area contributed by atoms with E-state index in [2.05, 4.69) is 4.90 Å². The van der Waals surface area contributed by atoms with Crippen molar-refractivity contribution in [1.29, 1.82) is 0 Å². The van der Waals surface area contributed by atoms with Crippen molar-refractivity contribution in [2.75, 3.05) is 19.6 Å². The van der Waals surface area contributed by atoms with Crippen LogP contribution in [0.4, 0.5) is 22.0 Å². The van der Waals surface area contributed by atoms with Crippen LogP contribution in [-0.4, -0.2) is 59.5 Å². The molecular weight excluding hydrogens is 581 g/mol. The van der Waals surface area contributed by atoms with E-state index in [-0.39, 0.29) is 29.4 Å². The van der Waals surface area contributed by atoms with Crippen molar-refractivity contribution in [1.82, 2.24) is 15.1 Å². The molecule has 1 saturated heterocycles. The van der Waals surface area contributed by atoms with Gasteiger partial charge in [-0.15, -0.1) is 0 Å². The van der Waals surface area contributed by atoms with Crippen molar-refractivity contribution in [2.24, 2.45) is 0 Å². The molecule has 1 atom stereocenters. The Morgan fingerprint density at radius 2 is 1.43 bits per heavy atom. The zero-order chi connectivity index (χ0) is 31.2. The number of imide groups is 1. The number of hydrogen-bond acceptors (Lipinski definition) is 4. The first-order valence-electron chi connectivity index (χ1n) is 14.7. The molecule has 2 aliphatic heterocycles. The molecule has 3 aromatic carbocycles. The largest absolute Gasteiger partial charge is 0.405 e. The molecule has 3 aliphatic rings. The summed E-state index contributed by atoms with van der Waals surface area (Å²) in [4.78, 5) is 43.5. The van der Waals surface area contributed by atoms with Crippen molar-refractivity contribution >= 4 is 17.7 Å². The van der Waals surface area contributed by atoms with Crippen LogP contribution < -0.4 is 5.32 Å². The second kappa shape index (κ2) is 11.4. The minimum atomic E-state index is -4.68. The highest BCUT2D eigenvalue weighted by Crippen LogP contribution is 2.52. The summed E-state index contributed by atoms with van der Waals surface area (Å²) in [7, 11) is 0. The lowest BCUT2D eigenvalue weighted by atomic mass is 9.73. The fourth-order valence-electron chi connectivity index (χ4n) is 7.02. The molecule has 6 nitrogen and oxygen atoms in total. The molecular formula is C33H30F5N3O3. The van der Waals surface area contributed by atoms with Gasteiger partial charge in [-0.2, -0.15) is 13.2 Å². The number of carbonyl (C=O) groups is 3. The Bertz CT molecular complexity index is 1550. The fraction of sp³-hybridized carbons (Fsp3) is 0.364. The summed E-state index contributed by atoms with van der Waals surface area (Å²) in [6.07, 6.45) is -2.05. The second-order valence-electron chi connectivity index (χ2n) is 11.6. The van der Waals surface area contributed by atoms with Crippen molar-refractivity contribution < 1.29 is 36.3 Å². The molecule has 0 bridgehead atoms. The van der Waals surface area contributed by atoms with Gasteiger partial charge in [-0.25, -0.2) is 8.78 Å². The summed E-state index contributed by atoms with van der Waals surface area (Å²) in [6.45, 7) is -0.500. The average Bonchev–Trinajstić information content (AvgIpc) is 3.41. The molecule has 0 aromatic heterocycles. The molecule has 230 valence electrons. The maximum absolute atomic E-state index is 14.6. The molecule has 3 aromatic rings. The first kappa shape index (κ1) is 29.9. The lowest BCUT2D eigenvalue weighted by Crippen LogP contribution is -2.53. The Kier molecular flexibility index (Phi) is 7.77. The van der Waals surface area contributed by atoms with Crippen LogP contribution in [0.3, 0.4) is 0 Å². The van der Waals surface area contributed by atoms with Crippen LogP contribution in [0.15, 0.2) is 60.7 Å². The molecule has 0 spiro atoms. The molecule has 3 amide bonds. The minimum absolute atomic E-state index is 0.00484. The van der Waals surface area contributed by atoms with Gasteiger partial charge in [0.1, 0.15) is 23.6 Å². The van der Waals surface area contributed by atoms with Crippen LogP contribution >= 0.6 is 0 Å². The van der Waals surface area contributed by atoms with E-state index in [1.54, 1.807) is 24.3 Å². The van der Waals surface area contributed by atoms with Gasteiger partial charge in [0.25, 0.3) is 11.8 Å². The Morgan fingerprint density at radius 3 is 2.00 bits per heavy atom. The number of alkyl halides is 3. The molecule has 11 heteroatoms. The molecule has 1 N–H and O–H groups in total. The zero-order valence-electron chi connectivity index (χ0n) is 23.7. The van der Waals surface area contributed by atoms with Gasteiger partial charge in [-0.1, -0.05) is 30.7 Å². The smallest absolute Gasteiger partial charge is 0.346 e. The molecule has 0 radical (unpaired) electrons. The number of piperidine rings is 1. The van der Waals surface area contributed by atoms with E-state index >= 15 is 0 Å². The lowest BCUT2D eigenvalue weighted by Gasteiger charge is -2.40. The summed E-state index contributed by atoms with van der Waals surface area (Å²) in [6, 6.07) is 14.3. The number of carbonyl (C=O) groups excluding carboxylic acids is 3. The number of rotatable bonds is 8. The van der Waals surface area contributed by atoms with Gasteiger partial charge in [-0.05, 0) is 90.8 Å². The number of hydrogen-bond donors (Lipinski definition) is 1. The van der Waals surface area contributed by atoms with Gasteiger partial charge in [0.15, 0.2) is 0 Å². The topological polar surface area (TPSA) is 69.7 Å². The lowest BCUT2D eigenvalue weighted by molar-refractivity contribution is -0.141. The van der Waals surface area contributed by atoms with Crippen molar-refractivity contribution in [3.05, 3.63) is 94.6 Å². The van der Waals surface area contributed by atoms with Crippen LogP contribution in [0.25, 0.3) is 11.1 Å². The normalized spacial score (nSPS) is 19.1. The third-order valence-electron chi connectivity index (χ3n) is 8.96. The number of unbranched alkanes of at least 4 members (excludes halogenated alkanes) is 1. The zero-order valence-corrected chi connectivity index (χ0v) is 23.7. The van der Waals surface area contributed by atoms with Gasteiger partial charge in [0.2, 0.25) is 5.91 Å². The van der Waals surface area contributed by atoms with Gasteiger partial charge in [0, 0.05) is 13.1 Å². The maximum atomic E-state index is 14.6. The summed E-state index contributed by atoms with van der Waals surface area (Å²) in [5.74, 6) is -2.99. The van der Waals surface area contributed by atoms with E-state index in [0.717, 1.165) is 25.0 Å². The second-order valence-corrected chi connectivity index (χ2v) is 11.6. The van der Waals surface area contributed by atoms with E-state index in [9.17, 15) is 36.3 Å². The van der Waals surface area contributed by atoms with Gasteiger partial charge >= 0.3 is 6.18 Å². The van der Waals surface area contributed by atoms with Crippen LogP contribution in [0.2, 0.25) is 0 Å². The highest BCUT2D eigenvalue weighted by Gasteiger charge is 2.50. The van der Waals surface area contributed by atoms with Gasteiger partial charge in [-0.3, -0.25) is 24.2 Å². The van der Waals surface area contributed by atoms with Crippen molar-refractivity contribution in [3.8, 4) is 11.1 Å². The molecule has 6 rings (SSSR count). The van der Waals surface area contributed by atoms with E-state index < -0.39 is 41.8 Å². The summed E-state index contributed by atoms with van der Waals surface area (Å²) >= 11 is 0. The first-order valence-corrected chi connectivity index (χ1v) is 14.7. The average molecular weight is 612 g/mol. The number of halogens is 5. The first-order chi connectivity index (χ1) is 21.0. The molecule has 1 fully saturated rings. The number of nitrogens with one attached hydrogen (secondary N) is 1. The standard InChI is InChI=1S/C33H30F5N3O3/c34-20-10-12-22-23-13-11-21(35)18-27(23)32(26(22)17-20,31(44)39-19-33(36,37)38)14-4-6-16-40-15-5-3-9-28(40)41-29(42)24-7-1-2-8-25(24)30(41)43/h1-2,7-8,10-13,17-18,28H,3-6,9,14-16,19H2,(H,39,44). The Hall–Kier alpha value is -4.12. The van der Waals surface area contributed by atoms with E-state index in [1.165, 1.54) is 29.2 Å². The Morgan fingerprint density at radius 1 is 0.841 bits per heavy atom. The molecule has 0 saturated carbocycles. The SMILES string of the molecule is O=C1c2ccccc2C(=O)N1C1CCCCN1CCCCC1(C(=O)NCC(F)(F)F)c2cc(F)ccc2-c2ccc(F)cc21. The predicted molar refractivity (Wildman–Crippen MR) is 152 cm³/mol. The number of amides is 3. The number of nitrogens with zero attached hydrogens (tertiary/aromatic N) is 2. The predicted octanol–water partition coefficient (Wildman–Crippen LogP) is 6.19. The van der Waals surface area contributed by atoms with E-state index in [1.807, 2.05) is 5.32 Å². The minimum Gasteiger partial charge on any atom is -0.346 e. The van der Waals surface area contributed by atoms with Crippen LogP contribution in [0, 0.1) is 11.6 Å². The van der Waals surface area contributed by atoms with Gasteiger partial charge < -0.3 is 5.32 Å². The van der Waals surface area contributed by atoms with Crippen molar-refractivity contribution in [2.45, 2.75) is 56.3 Å². The molecule has 1 aliphatic carbocycles. The van der Waals surface area contributed by atoms with Crippen molar-refractivity contribution in [3.63, 3.8) is 0 Å². The summed E-state index contributed by atoms with van der Waals surface area (Å²) in [5.41, 5.74) is 0.305. The summed E-state index contributed by atoms with van der Waals surface area (Å²) in [5, 5.41) is 1.98. The van der Waals surface area contributed by atoms with E-state index in [4.69, 9.17) is 0 Å². The third kappa shape index (κ3) is 5.16. The van der Waals surface area contributed by atoms with Crippen LogP contribution in [-0.2, 0) is 10.2 Å². The quantitative estimate of drug-likeness (QED) is 0.188. The fourth-order valence-corrected chi connectivity index (χ4v) is 7.02. The van der Waals surface area contributed by atoms with Crippen LogP contribution in [0.5, 0.6) is 0 Å². The molecule has 44 heavy (non-hydrogen) atoms. The third-order valence-corrected chi connectivity index (χ3v) is 8.96. The van der Waals surface area contributed by atoms with Crippen LogP contribution in [0.1, 0.15) is 70.4 Å². The number of likely N-dealkylation sites (tertiary alicyclic amines) is 1. The molecule has 2 heterocycles. The summed E-state index contributed by atoms with van der Waals surface area (Å²) < 4.78 is 68.7. The van der Waals surface area contributed by atoms with E-state index in [0.29, 0.717) is 54.6 Å². The Balaban J connectivity index is 1.25. The highest BCUT2D eigenvalue weighted by molar-refractivity contribution is 6.21. The monoisotopic (exact) mass is 611 g/mol.